The van der Waals surface area contributed by atoms with E-state index in [0.29, 0.717) is 35.5 Å². The summed E-state index contributed by atoms with van der Waals surface area (Å²) in [6.45, 7) is 5.03. The third-order valence-corrected chi connectivity index (χ3v) is 3.53. The second-order valence-electron chi connectivity index (χ2n) is 5.03. The molecule has 3 aromatic rings. The molecule has 118 valence electrons. The minimum Gasteiger partial charge on any atom is -0.494 e. The minimum atomic E-state index is -0.0570. The Labute approximate surface area is 134 Å². The second-order valence-corrected chi connectivity index (χ2v) is 5.03. The van der Waals surface area contributed by atoms with Crippen molar-refractivity contribution in [2.45, 2.75) is 13.8 Å². The molecule has 1 aromatic heterocycles. The van der Waals surface area contributed by atoms with Crippen molar-refractivity contribution in [3.63, 3.8) is 0 Å². The number of benzene rings is 2. The van der Waals surface area contributed by atoms with E-state index in [1.165, 1.54) is 6.26 Å². The molecule has 0 unspecified atom stereocenters. The van der Waals surface area contributed by atoms with E-state index in [0.717, 1.165) is 11.3 Å². The molecule has 0 radical (unpaired) electrons. The molecule has 0 fully saturated rings. The molecule has 0 aliphatic rings. The Bertz CT molecular complexity index is 863. The van der Waals surface area contributed by atoms with Crippen LogP contribution < -0.4 is 14.9 Å². The van der Waals surface area contributed by atoms with Crippen molar-refractivity contribution in [3.05, 3.63) is 59.0 Å². The summed E-state index contributed by atoms with van der Waals surface area (Å²) in [6.07, 6.45) is 1.50. The minimum absolute atomic E-state index is 0.0570. The van der Waals surface area contributed by atoms with Gasteiger partial charge in [-0.3, -0.25) is 4.79 Å². The molecule has 0 saturated heterocycles. The van der Waals surface area contributed by atoms with Crippen molar-refractivity contribution < 1.29 is 13.9 Å². The van der Waals surface area contributed by atoms with Gasteiger partial charge in [-0.2, -0.15) is 0 Å². The van der Waals surface area contributed by atoms with E-state index in [1.807, 2.05) is 38.1 Å². The number of ether oxygens (including phenoxy) is 2. The Morgan fingerprint density at radius 1 is 0.913 bits per heavy atom. The largest absolute Gasteiger partial charge is 0.494 e. The first-order valence-electron chi connectivity index (χ1n) is 7.64. The quantitative estimate of drug-likeness (QED) is 0.706. The highest BCUT2D eigenvalue weighted by Crippen LogP contribution is 2.24. The molecule has 23 heavy (non-hydrogen) atoms. The Kier molecular flexibility index (Phi) is 4.33. The summed E-state index contributed by atoms with van der Waals surface area (Å²) in [5, 5.41) is 0.542. The maximum absolute atomic E-state index is 12.7. The fourth-order valence-corrected chi connectivity index (χ4v) is 2.46. The van der Waals surface area contributed by atoms with Gasteiger partial charge >= 0.3 is 0 Å². The van der Waals surface area contributed by atoms with Gasteiger partial charge < -0.3 is 13.9 Å². The molecule has 0 N–H and O–H groups in total. The zero-order valence-electron chi connectivity index (χ0n) is 13.2. The van der Waals surface area contributed by atoms with Gasteiger partial charge in [-0.05, 0) is 43.7 Å². The van der Waals surface area contributed by atoms with Crippen molar-refractivity contribution in [1.29, 1.82) is 0 Å². The predicted molar refractivity (Wildman–Crippen MR) is 90.3 cm³/mol. The number of rotatable bonds is 5. The van der Waals surface area contributed by atoms with Crippen molar-refractivity contribution in [3.8, 4) is 22.6 Å². The van der Waals surface area contributed by atoms with E-state index >= 15 is 0 Å². The molecule has 0 aliphatic heterocycles. The molecule has 1 heterocycles. The summed E-state index contributed by atoms with van der Waals surface area (Å²) in [5.74, 6) is 1.47. The van der Waals surface area contributed by atoms with Crippen molar-refractivity contribution >= 4 is 11.0 Å². The molecule has 0 bridgehead atoms. The van der Waals surface area contributed by atoms with Gasteiger partial charge in [0.15, 0.2) is 5.43 Å². The van der Waals surface area contributed by atoms with Crippen LogP contribution in [0.4, 0.5) is 0 Å². The van der Waals surface area contributed by atoms with Crippen LogP contribution in [0.1, 0.15) is 13.8 Å². The first-order chi connectivity index (χ1) is 11.2. The van der Waals surface area contributed by atoms with Crippen LogP contribution >= 0.6 is 0 Å². The van der Waals surface area contributed by atoms with Crippen LogP contribution in [0.25, 0.3) is 22.1 Å². The van der Waals surface area contributed by atoms with Crippen molar-refractivity contribution in [2.75, 3.05) is 13.2 Å². The van der Waals surface area contributed by atoms with Gasteiger partial charge in [-0.1, -0.05) is 12.1 Å². The Balaban J connectivity index is 2.03. The standard InChI is InChI=1S/C19H18O4/c1-3-21-14-7-5-13(6-8-14)17-12-23-18-11-15(22-4-2)9-10-16(18)19(17)20/h5-12H,3-4H2,1-2H3. The molecule has 2 aromatic carbocycles. The number of fused-ring (bicyclic) bond motifs is 1. The summed E-state index contributed by atoms with van der Waals surface area (Å²) in [6, 6.07) is 12.7. The highest BCUT2D eigenvalue weighted by atomic mass is 16.5. The summed E-state index contributed by atoms with van der Waals surface area (Å²) < 4.78 is 16.5. The van der Waals surface area contributed by atoms with Gasteiger partial charge in [-0.15, -0.1) is 0 Å². The molecule has 0 amide bonds. The van der Waals surface area contributed by atoms with E-state index in [9.17, 15) is 4.79 Å². The fourth-order valence-electron chi connectivity index (χ4n) is 2.46. The molecule has 4 heteroatoms. The lowest BCUT2D eigenvalue weighted by Gasteiger charge is -2.07. The first kappa shape index (κ1) is 15.2. The molecule has 0 aliphatic carbocycles. The summed E-state index contributed by atoms with van der Waals surface area (Å²) in [7, 11) is 0. The van der Waals surface area contributed by atoms with Crippen LogP contribution in [-0.2, 0) is 0 Å². The fraction of sp³-hybridized carbons (Fsp3) is 0.211. The van der Waals surface area contributed by atoms with E-state index in [4.69, 9.17) is 13.9 Å². The van der Waals surface area contributed by atoms with Crippen LogP contribution in [-0.4, -0.2) is 13.2 Å². The predicted octanol–water partition coefficient (Wildman–Crippen LogP) is 4.26. The Morgan fingerprint density at radius 2 is 1.57 bits per heavy atom. The molecular weight excluding hydrogens is 292 g/mol. The number of hydrogen-bond donors (Lipinski definition) is 0. The summed E-state index contributed by atoms with van der Waals surface area (Å²) >= 11 is 0. The average molecular weight is 310 g/mol. The Morgan fingerprint density at radius 3 is 2.26 bits per heavy atom. The van der Waals surface area contributed by atoms with E-state index in [-0.39, 0.29) is 5.43 Å². The van der Waals surface area contributed by atoms with Crippen LogP contribution in [0.2, 0.25) is 0 Å². The molecule has 0 spiro atoms. The molecule has 4 nitrogen and oxygen atoms in total. The van der Waals surface area contributed by atoms with Gasteiger partial charge in [0.2, 0.25) is 0 Å². The lowest BCUT2D eigenvalue weighted by atomic mass is 10.1. The van der Waals surface area contributed by atoms with Crippen molar-refractivity contribution in [1.82, 2.24) is 0 Å². The zero-order valence-corrected chi connectivity index (χ0v) is 13.2. The number of hydrogen-bond acceptors (Lipinski definition) is 4. The zero-order chi connectivity index (χ0) is 16.2. The average Bonchev–Trinajstić information content (AvgIpc) is 2.57. The van der Waals surface area contributed by atoms with Crippen LogP contribution in [0.5, 0.6) is 11.5 Å². The maximum atomic E-state index is 12.7. The third kappa shape index (κ3) is 3.06. The summed E-state index contributed by atoms with van der Waals surface area (Å²) in [5.41, 5.74) is 1.80. The van der Waals surface area contributed by atoms with Gasteiger partial charge in [0.1, 0.15) is 23.3 Å². The van der Waals surface area contributed by atoms with E-state index in [2.05, 4.69) is 0 Å². The van der Waals surface area contributed by atoms with Crippen LogP contribution in [0, 0.1) is 0 Å². The highest BCUT2D eigenvalue weighted by molar-refractivity contribution is 5.82. The third-order valence-electron chi connectivity index (χ3n) is 3.53. The molecule has 3 rings (SSSR count). The van der Waals surface area contributed by atoms with E-state index < -0.39 is 0 Å². The topological polar surface area (TPSA) is 48.7 Å². The van der Waals surface area contributed by atoms with Gasteiger partial charge in [0.25, 0.3) is 0 Å². The highest BCUT2D eigenvalue weighted by Gasteiger charge is 2.10. The lowest BCUT2D eigenvalue weighted by molar-refractivity contribution is 0.340. The summed E-state index contributed by atoms with van der Waals surface area (Å²) in [4.78, 5) is 12.7. The molecule has 0 atom stereocenters. The van der Waals surface area contributed by atoms with Gasteiger partial charge in [0, 0.05) is 6.07 Å². The first-order valence-corrected chi connectivity index (χ1v) is 7.64. The normalized spacial score (nSPS) is 10.7. The molecule has 0 saturated carbocycles. The maximum Gasteiger partial charge on any atom is 0.200 e. The smallest absolute Gasteiger partial charge is 0.200 e. The van der Waals surface area contributed by atoms with E-state index in [1.54, 1.807) is 18.2 Å². The second kappa shape index (κ2) is 6.57. The Hall–Kier alpha value is -2.75. The van der Waals surface area contributed by atoms with Gasteiger partial charge in [0.05, 0.1) is 24.2 Å². The SMILES string of the molecule is CCOc1ccc(-c2coc3cc(OCC)ccc3c2=O)cc1. The monoisotopic (exact) mass is 310 g/mol. The van der Waals surface area contributed by atoms with Gasteiger partial charge in [-0.25, -0.2) is 0 Å². The van der Waals surface area contributed by atoms with Crippen LogP contribution in [0.15, 0.2) is 57.9 Å². The van der Waals surface area contributed by atoms with Crippen LogP contribution in [0.3, 0.4) is 0 Å². The van der Waals surface area contributed by atoms with Crippen molar-refractivity contribution in [2.24, 2.45) is 0 Å². The lowest BCUT2D eigenvalue weighted by Crippen LogP contribution is -2.05. The molecular formula is C19H18O4.